The maximum atomic E-state index is 13.6. The van der Waals surface area contributed by atoms with Crippen molar-refractivity contribution < 1.29 is 23.9 Å². The van der Waals surface area contributed by atoms with Gasteiger partial charge in [0.2, 0.25) is 17.7 Å². The lowest BCUT2D eigenvalue weighted by Gasteiger charge is -2.39. The van der Waals surface area contributed by atoms with E-state index in [1.165, 1.54) is 5.56 Å². The van der Waals surface area contributed by atoms with Gasteiger partial charge in [-0.2, -0.15) is 4.98 Å². The minimum Gasteiger partial charge on any atom is -0.492 e. The highest BCUT2D eigenvalue weighted by molar-refractivity contribution is 6.35. The lowest BCUT2D eigenvalue weighted by Crippen LogP contribution is -2.52. The maximum Gasteiger partial charge on any atom is 0.282 e. The molecular formula is C43H43ClN6O6. The summed E-state index contributed by atoms with van der Waals surface area (Å²) in [5, 5.41) is 3.21. The van der Waals surface area contributed by atoms with Gasteiger partial charge in [-0.15, -0.1) is 0 Å². The summed E-state index contributed by atoms with van der Waals surface area (Å²) in [5.74, 6) is 1.06. The number of aromatic nitrogens is 2. The molecule has 1 spiro atoms. The Morgan fingerprint density at radius 3 is 2.52 bits per heavy atom. The summed E-state index contributed by atoms with van der Waals surface area (Å²) in [7, 11) is 0. The summed E-state index contributed by atoms with van der Waals surface area (Å²) in [4.78, 5) is 74.7. The third kappa shape index (κ3) is 5.28. The second-order valence-corrected chi connectivity index (χ2v) is 17.4. The fourth-order valence-electron chi connectivity index (χ4n) is 10.3. The zero-order chi connectivity index (χ0) is 38.7. The number of hydrogen-bond donors (Lipinski definition) is 1. The number of fused-ring (bicyclic) bond motifs is 9. The molecule has 6 aliphatic rings. The van der Waals surface area contributed by atoms with Crippen molar-refractivity contribution in [2.24, 2.45) is 0 Å². The number of nitrogens with zero attached hydrogens (tertiary/aromatic N) is 5. The summed E-state index contributed by atoms with van der Waals surface area (Å²) in [5.41, 5.74) is 5.75. The first-order valence-corrected chi connectivity index (χ1v) is 20.1. The van der Waals surface area contributed by atoms with Crippen LogP contribution in [0, 0.1) is 0 Å². The Labute approximate surface area is 328 Å². The fourth-order valence-corrected chi connectivity index (χ4v) is 10.6. The summed E-state index contributed by atoms with van der Waals surface area (Å²) in [6.07, 6.45) is 4.02. The van der Waals surface area contributed by atoms with E-state index < -0.39 is 17.4 Å². The van der Waals surface area contributed by atoms with Crippen molar-refractivity contribution in [2.75, 3.05) is 39.3 Å². The normalized spacial score (nSPS) is 22.6. The van der Waals surface area contributed by atoms with Gasteiger partial charge in [0.15, 0.2) is 0 Å². The van der Waals surface area contributed by atoms with Gasteiger partial charge in [0.1, 0.15) is 17.6 Å². The quantitative estimate of drug-likeness (QED) is 0.299. The van der Waals surface area contributed by atoms with Gasteiger partial charge in [-0.1, -0.05) is 35.9 Å². The Morgan fingerprint density at radius 1 is 0.964 bits per heavy atom. The van der Waals surface area contributed by atoms with Crippen LogP contribution in [0.4, 0.5) is 0 Å². The summed E-state index contributed by atoms with van der Waals surface area (Å²) in [6, 6.07) is 15.4. The molecule has 0 radical (unpaired) electrons. The van der Waals surface area contributed by atoms with Gasteiger partial charge in [0, 0.05) is 41.6 Å². The van der Waals surface area contributed by atoms with Crippen molar-refractivity contribution in [3.8, 4) is 11.4 Å². The summed E-state index contributed by atoms with van der Waals surface area (Å²) in [6.45, 7) is 8.43. The van der Waals surface area contributed by atoms with Crippen LogP contribution in [0.15, 0.2) is 53.3 Å². The van der Waals surface area contributed by atoms with Gasteiger partial charge in [-0.25, -0.2) is 0 Å². The molecule has 1 aromatic heterocycles. The zero-order valence-corrected chi connectivity index (χ0v) is 32.3. The lowest BCUT2D eigenvalue weighted by atomic mass is 9.74. The van der Waals surface area contributed by atoms with Crippen molar-refractivity contribution in [2.45, 2.75) is 81.7 Å². The first-order chi connectivity index (χ1) is 26.9. The molecule has 288 valence electrons. The first-order valence-electron chi connectivity index (χ1n) is 19.7. The van der Waals surface area contributed by atoms with E-state index in [0.29, 0.717) is 61.1 Å². The van der Waals surface area contributed by atoms with Gasteiger partial charge in [-0.05, 0) is 100 Å². The van der Waals surface area contributed by atoms with Crippen molar-refractivity contribution in [3.05, 3.63) is 97.5 Å². The molecule has 0 aliphatic carbocycles. The van der Waals surface area contributed by atoms with E-state index >= 15 is 0 Å². The molecule has 0 unspecified atom stereocenters. The minimum atomic E-state index is -0.663. The Balaban J connectivity index is 0.771. The van der Waals surface area contributed by atoms with Crippen molar-refractivity contribution in [3.63, 3.8) is 0 Å². The number of halogens is 1. The number of benzene rings is 3. The third-order valence-corrected chi connectivity index (χ3v) is 13.9. The number of piperidine rings is 3. The van der Waals surface area contributed by atoms with Crippen LogP contribution < -0.4 is 15.6 Å². The molecule has 4 aromatic rings. The zero-order valence-electron chi connectivity index (χ0n) is 31.5. The number of carbonyl (C=O) groups is 4. The molecule has 0 bridgehead atoms. The number of imide groups is 1. The van der Waals surface area contributed by atoms with E-state index in [9.17, 15) is 24.0 Å². The summed E-state index contributed by atoms with van der Waals surface area (Å²) < 4.78 is 8.43. The van der Waals surface area contributed by atoms with Gasteiger partial charge in [-0.3, -0.25) is 38.8 Å². The minimum absolute atomic E-state index is 0.166. The van der Waals surface area contributed by atoms with Crippen LogP contribution in [-0.2, 0) is 31.8 Å². The van der Waals surface area contributed by atoms with E-state index in [4.69, 9.17) is 16.3 Å². The number of nitrogens with one attached hydrogen (secondary N) is 1. The van der Waals surface area contributed by atoms with Gasteiger partial charge in [0.25, 0.3) is 11.5 Å². The number of hydrogen-bond acceptors (Lipinski definition) is 8. The average molecular weight is 775 g/mol. The number of likely N-dealkylation sites (tertiary alicyclic amines) is 2. The molecule has 13 heteroatoms. The second kappa shape index (κ2) is 12.7. The molecule has 56 heavy (non-hydrogen) atoms. The van der Waals surface area contributed by atoms with E-state index in [0.717, 1.165) is 78.2 Å². The second-order valence-electron chi connectivity index (χ2n) is 17.0. The Bertz CT molecular complexity index is 2460. The number of ether oxygens (including phenoxy) is 1. The molecule has 10 rings (SSSR count). The Morgan fingerprint density at radius 2 is 1.75 bits per heavy atom. The molecule has 7 heterocycles. The molecule has 0 saturated carbocycles. The van der Waals surface area contributed by atoms with Crippen LogP contribution in [0.3, 0.4) is 0 Å². The molecule has 12 nitrogen and oxygen atoms in total. The van der Waals surface area contributed by atoms with Crippen molar-refractivity contribution in [1.29, 1.82) is 0 Å². The smallest absolute Gasteiger partial charge is 0.282 e. The molecule has 1 N–H and O–H groups in total. The van der Waals surface area contributed by atoms with E-state index in [-0.39, 0.29) is 35.1 Å². The number of rotatable bonds is 4. The van der Waals surface area contributed by atoms with Gasteiger partial charge < -0.3 is 14.5 Å². The van der Waals surface area contributed by atoms with Gasteiger partial charge in [0.05, 0.1) is 46.7 Å². The predicted octanol–water partition coefficient (Wildman–Crippen LogP) is 4.57. The van der Waals surface area contributed by atoms with E-state index in [1.807, 2.05) is 29.2 Å². The van der Waals surface area contributed by atoms with E-state index in [1.54, 1.807) is 11.0 Å². The molecule has 1 atom stereocenters. The molecule has 6 aliphatic heterocycles. The fraction of sp³-hybridized carbons (Fsp3) is 0.442. The van der Waals surface area contributed by atoms with E-state index in [2.05, 4.69) is 51.8 Å². The monoisotopic (exact) mass is 774 g/mol. The Hall–Kier alpha value is -5.07. The van der Waals surface area contributed by atoms with Crippen LogP contribution in [-0.4, -0.2) is 93.3 Å². The summed E-state index contributed by atoms with van der Waals surface area (Å²) >= 11 is 6.45. The van der Waals surface area contributed by atoms with Crippen LogP contribution in [0.1, 0.15) is 96.7 Å². The van der Waals surface area contributed by atoms with Crippen LogP contribution in [0.5, 0.6) is 5.75 Å². The largest absolute Gasteiger partial charge is 0.492 e. The maximum absolute atomic E-state index is 13.6. The first kappa shape index (κ1) is 35.4. The SMILES string of the molecule is CC1(C)c2cc(C3CCN(C(=O)CN4CCC5(CC4)COc4c5ccc5c4CN([C@H]4CCC(=O)NC4=O)C5=O)CC3)ccc2-n2c1nc(=O)c1c(Cl)cccc12. The molecule has 3 saturated heterocycles. The number of carbonyl (C=O) groups excluding carboxylic acids is 4. The number of amides is 4. The van der Waals surface area contributed by atoms with Crippen LogP contribution >= 0.6 is 11.6 Å². The molecular weight excluding hydrogens is 732 g/mol. The Kier molecular flexibility index (Phi) is 8.03. The predicted molar refractivity (Wildman–Crippen MR) is 208 cm³/mol. The highest BCUT2D eigenvalue weighted by atomic mass is 35.5. The molecule has 3 fully saturated rings. The third-order valence-electron chi connectivity index (χ3n) is 13.6. The molecule has 3 aromatic carbocycles. The van der Waals surface area contributed by atoms with Gasteiger partial charge >= 0.3 is 0 Å². The topological polar surface area (TPSA) is 134 Å². The average Bonchev–Trinajstić information content (AvgIpc) is 3.79. The van der Waals surface area contributed by atoms with Crippen LogP contribution in [0.2, 0.25) is 5.02 Å². The lowest BCUT2D eigenvalue weighted by molar-refractivity contribution is -0.137. The highest BCUT2D eigenvalue weighted by Crippen LogP contribution is 2.50. The van der Waals surface area contributed by atoms with Crippen LogP contribution in [0.25, 0.3) is 16.6 Å². The van der Waals surface area contributed by atoms with Crippen molar-refractivity contribution in [1.82, 2.24) is 29.6 Å². The molecule has 4 amide bonds. The van der Waals surface area contributed by atoms with Crippen molar-refractivity contribution >= 4 is 46.1 Å². The highest BCUT2D eigenvalue weighted by Gasteiger charge is 2.48. The standard InChI is InChI=1S/C43H43ClN6O6/c1-42(2)29-20-25(6-9-31(29)50-32-5-3-4-30(44)36(32)39(54)46-41(42)50)24-12-16-48(17-13-24)35(52)22-47-18-14-43(15-19-47)23-56-37-27-21-49(33-10-11-34(51)45-38(33)53)40(55)26(27)7-8-28(37)43/h3-9,20,24,33H,10-19,21-23H2,1-2H3,(H,45,51,53)/t33-/m0/s1.